The summed E-state index contributed by atoms with van der Waals surface area (Å²) in [4.78, 5) is 24.7. The summed E-state index contributed by atoms with van der Waals surface area (Å²) in [6.45, 7) is 4.24. The first-order valence-corrected chi connectivity index (χ1v) is 10.6. The first-order chi connectivity index (χ1) is 13.8. The molecule has 0 atom stereocenters. The van der Waals surface area contributed by atoms with Gasteiger partial charge in [0.1, 0.15) is 11.3 Å². The van der Waals surface area contributed by atoms with Crippen LogP contribution in [0, 0.1) is 6.92 Å². The lowest BCUT2D eigenvalue weighted by Gasteiger charge is -2.26. The highest BCUT2D eigenvalue weighted by Gasteiger charge is 2.26. The van der Waals surface area contributed by atoms with Gasteiger partial charge in [0.05, 0.1) is 23.8 Å². The van der Waals surface area contributed by atoms with Gasteiger partial charge in [0, 0.05) is 18.7 Å². The van der Waals surface area contributed by atoms with Gasteiger partial charge in [-0.15, -0.1) is 0 Å². The molecule has 0 spiro atoms. The Hall–Kier alpha value is -2.56. The summed E-state index contributed by atoms with van der Waals surface area (Å²) in [5.74, 6) is -0.793. The SMILES string of the molecule is CCc1noc(C)c1C(=O)OCC(=O)c1ccc(S(=O)(=O)N2CCOCC2)cc1. The zero-order valence-corrected chi connectivity index (χ0v) is 17.0. The Balaban J connectivity index is 1.64. The summed E-state index contributed by atoms with van der Waals surface area (Å²) >= 11 is 0. The van der Waals surface area contributed by atoms with Crippen LogP contribution in [0.4, 0.5) is 0 Å². The molecule has 10 heteroatoms. The zero-order valence-electron chi connectivity index (χ0n) is 16.2. The second-order valence-corrected chi connectivity index (χ2v) is 8.39. The molecule has 9 nitrogen and oxygen atoms in total. The number of carbonyl (C=O) groups is 2. The minimum Gasteiger partial charge on any atom is -0.454 e. The van der Waals surface area contributed by atoms with Gasteiger partial charge in [0.15, 0.2) is 12.4 Å². The molecule has 1 saturated heterocycles. The van der Waals surface area contributed by atoms with Gasteiger partial charge in [-0.1, -0.05) is 12.1 Å². The fourth-order valence-corrected chi connectivity index (χ4v) is 4.36. The number of nitrogens with zero attached hydrogens (tertiary/aromatic N) is 2. The van der Waals surface area contributed by atoms with E-state index in [4.69, 9.17) is 14.0 Å². The van der Waals surface area contributed by atoms with E-state index in [0.29, 0.717) is 44.2 Å². The van der Waals surface area contributed by atoms with Gasteiger partial charge < -0.3 is 14.0 Å². The number of morpholine rings is 1. The Labute approximate surface area is 168 Å². The van der Waals surface area contributed by atoms with Crippen molar-refractivity contribution in [3.8, 4) is 0 Å². The molecule has 0 radical (unpaired) electrons. The number of benzene rings is 1. The van der Waals surface area contributed by atoms with E-state index < -0.39 is 28.4 Å². The van der Waals surface area contributed by atoms with Crippen molar-refractivity contribution in [3.05, 3.63) is 46.8 Å². The molecule has 1 aliphatic heterocycles. The third kappa shape index (κ3) is 4.55. The van der Waals surface area contributed by atoms with E-state index in [1.165, 1.54) is 28.6 Å². The van der Waals surface area contributed by atoms with Crippen LogP contribution in [-0.4, -0.2) is 62.5 Å². The zero-order chi connectivity index (χ0) is 21.0. The number of esters is 1. The normalized spacial score (nSPS) is 15.2. The summed E-state index contributed by atoms with van der Waals surface area (Å²) in [6.07, 6.45) is 0.495. The van der Waals surface area contributed by atoms with Crippen LogP contribution in [0.25, 0.3) is 0 Å². The van der Waals surface area contributed by atoms with E-state index in [-0.39, 0.29) is 16.0 Å². The number of rotatable bonds is 7. The minimum atomic E-state index is -3.63. The van der Waals surface area contributed by atoms with Crippen molar-refractivity contribution >= 4 is 21.8 Å². The predicted octanol–water partition coefficient (Wildman–Crippen LogP) is 1.61. The maximum Gasteiger partial charge on any atom is 0.344 e. The molecule has 29 heavy (non-hydrogen) atoms. The highest BCUT2D eigenvalue weighted by molar-refractivity contribution is 7.89. The summed E-state index contributed by atoms with van der Waals surface area (Å²) in [5.41, 5.74) is 0.946. The number of hydrogen-bond donors (Lipinski definition) is 0. The number of hydrogen-bond acceptors (Lipinski definition) is 8. The topological polar surface area (TPSA) is 116 Å². The van der Waals surface area contributed by atoms with Gasteiger partial charge in [0.25, 0.3) is 0 Å². The molecule has 2 heterocycles. The lowest BCUT2D eigenvalue weighted by atomic mass is 10.1. The number of Topliss-reactive ketones (excluding diaryl/α,β-unsaturated/α-hetero) is 1. The standard InChI is InChI=1S/C19H22N2O7S/c1-3-16-18(13(2)28-20-16)19(23)27-12-17(22)14-4-6-15(7-5-14)29(24,25)21-8-10-26-11-9-21/h4-7H,3,8-12H2,1-2H3. The smallest absolute Gasteiger partial charge is 0.344 e. The lowest BCUT2D eigenvalue weighted by Crippen LogP contribution is -2.40. The molecular weight excluding hydrogens is 400 g/mol. The van der Waals surface area contributed by atoms with E-state index in [1.54, 1.807) is 6.92 Å². The number of aryl methyl sites for hydroxylation is 2. The summed E-state index contributed by atoms with van der Waals surface area (Å²) < 4.78 is 41.8. The number of ether oxygens (including phenoxy) is 2. The number of aromatic nitrogens is 1. The first-order valence-electron chi connectivity index (χ1n) is 9.18. The first kappa shape index (κ1) is 21.2. The third-order valence-corrected chi connectivity index (χ3v) is 6.50. The van der Waals surface area contributed by atoms with Crippen molar-refractivity contribution < 1.29 is 32.0 Å². The van der Waals surface area contributed by atoms with E-state index in [9.17, 15) is 18.0 Å². The monoisotopic (exact) mass is 422 g/mol. The van der Waals surface area contributed by atoms with Crippen molar-refractivity contribution in [2.24, 2.45) is 0 Å². The fourth-order valence-electron chi connectivity index (χ4n) is 2.96. The maximum atomic E-state index is 12.6. The second-order valence-electron chi connectivity index (χ2n) is 6.45. The van der Waals surface area contributed by atoms with Crippen LogP contribution < -0.4 is 0 Å². The van der Waals surface area contributed by atoms with Gasteiger partial charge >= 0.3 is 5.97 Å². The van der Waals surface area contributed by atoms with Crippen LogP contribution in [0.3, 0.4) is 0 Å². The van der Waals surface area contributed by atoms with Crippen LogP contribution >= 0.6 is 0 Å². The molecule has 1 fully saturated rings. The molecule has 0 bridgehead atoms. The van der Waals surface area contributed by atoms with E-state index in [2.05, 4.69) is 5.16 Å². The van der Waals surface area contributed by atoms with Crippen LogP contribution in [0.5, 0.6) is 0 Å². The summed E-state index contributed by atoms with van der Waals surface area (Å²) in [7, 11) is -3.63. The van der Waals surface area contributed by atoms with E-state index in [0.717, 1.165) is 0 Å². The molecule has 0 amide bonds. The van der Waals surface area contributed by atoms with Gasteiger partial charge in [-0.3, -0.25) is 4.79 Å². The number of ketones is 1. The molecule has 0 aliphatic carbocycles. The number of carbonyl (C=O) groups excluding carboxylic acids is 2. The largest absolute Gasteiger partial charge is 0.454 e. The second kappa shape index (κ2) is 8.85. The highest BCUT2D eigenvalue weighted by Crippen LogP contribution is 2.19. The molecule has 0 saturated carbocycles. The van der Waals surface area contributed by atoms with Gasteiger partial charge in [-0.25, -0.2) is 13.2 Å². The van der Waals surface area contributed by atoms with Crippen molar-refractivity contribution in [2.45, 2.75) is 25.2 Å². The summed E-state index contributed by atoms with van der Waals surface area (Å²) in [6, 6.07) is 5.57. The molecule has 2 aromatic rings. The number of sulfonamides is 1. The Kier molecular flexibility index (Phi) is 6.46. The minimum absolute atomic E-state index is 0.0978. The van der Waals surface area contributed by atoms with Crippen LogP contribution in [0.15, 0.2) is 33.7 Å². The van der Waals surface area contributed by atoms with Crippen LogP contribution in [-0.2, 0) is 25.9 Å². The highest BCUT2D eigenvalue weighted by atomic mass is 32.2. The van der Waals surface area contributed by atoms with Gasteiger partial charge in [0.2, 0.25) is 10.0 Å². The quantitative estimate of drug-likeness (QED) is 0.488. The average molecular weight is 422 g/mol. The molecule has 3 rings (SSSR count). The summed E-state index contributed by atoms with van der Waals surface area (Å²) in [5, 5.41) is 3.78. The molecule has 1 aromatic carbocycles. The van der Waals surface area contributed by atoms with Crippen molar-refractivity contribution in [1.29, 1.82) is 0 Å². The fraction of sp³-hybridized carbons (Fsp3) is 0.421. The molecule has 156 valence electrons. The third-order valence-electron chi connectivity index (χ3n) is 4.59. The molecular formula is C19H22N2O7S. The Bertz CT molecular complexity index is 990. The van der Waals surface area contributed by atoms with E-state index in [1.807, 2.05) is 6.92 Å². The van der Waals surface area contributed by atoms with Crippen molar-refractivity contribution in [3.63, 3.8) is 0 Å². The predicted molar refractivity (Wildman–Crippen MR) is 101 cm³/mol. The Morgan fingerprint density at radius 2 is 1.83 bits per heavy atom. The van der Waals surface area contributed by atoms with Gasteiger partial charge in [-0.05, 0) is 37.6 Å². The van der Waals surface area contributed by atoms with Crippen molar-refractivity contribution in [2.75, 3.05) is 32.9 Å². The van der Waals surface area contributed by atoms with Crippen LogP contribution in [0.1, 0.15) is 39.1 Å². The molecule has 0 unspecified atom stereocenters. The maximum absolute atomic E-state index is 12.6. The lowest BCUT2D eigenvalue weighted by molar-refractivity contribution is 0.0472. The molecule has 1 aliphatic rings. The van der Waals surface area contributed by atoms with E-state index >= 15 is 0 Å². The van der Waals surface area contributed by atoms with Gasteiger partial charge in [-0.2, -0.15) is 4.31 Å². The van der Waals surface area contributed by atoms with Crippen molar-refractivity contribution in [1.82, 2.24) is 9.46 Å². The Morgan fingerprint density at radius 3 is 2.45 bits per heavy atom. The van der Waals surface area contributed by atoms with Crippen LogP contribution in [0.2, 0.25) is 0 Å². The molecule has 0 N–H and O–H groups in total. The molecule has 1 aromatic heterocycles. The Morgan fingerprint density at radius 1 is 1.17 bits per heavy atom. The average Bonchev–Trinajstić information content (AvgIpc) is 3.13.